The minimum Gasteiger partial charge on any atom is -0.207 e. The van der Waals surface area contributed by atoms with Gasteiger partial charge in [-0.2, -0.15) is 4.31 Å². The normalized spacial score (nSPS) is 14.9. The van der Waals surface area contributed by atoms with E-state index in [9.17, 15) is 8.42 Å². The number of benzene rings is 2. The van der Waals surface area contributed by atoms with Gasteiger partial charge in [0.15, 0.2) is 0 Å². The number of alkyl halides is 2. The van der Waals surface area contributed by atoms with Gasteiger partial charge in [-0.1, -0.05) is 61.7 Å². The van der Waals surface area contributed by atoms with Crippen molar-refractivity contribution in [2.24, 2.45) is 0 Å². The van der Waals surface area contributed by atoms with Crippen molar-refractivity contribution >= 4 is 41.9 Å². The SMILES string of the molecule is Cc1ccc(S(=O)(=O)N2Cc3cc(CBr)c(CBr)cc3C2)cc1. The Bertz CT molecular complexity index is 799. The smallest absolute Gasteiger partial charge is 0.207 e. The van der Waals surface area contributed by atoms with E-state index < -0.39 is 10.0 Å². The van der Waals surface area contributed by atoms with E-state index in [1.807, 2.05) is 19.1 Å². The molecule has 0 fully saturated rings. The van der Waals surface area contributed by atoms with E-state index in [2.05, 4.69) is 44.0 Å². The van der Waals surface area contributed by atoms with Gasteiger partial charge in [-0.3, -0.25) is 0 Å². The van der Waals surface area contributed by atoms with Crippen LogP contribution in [-0.2, 0) is 33.8 Å². The van der Waals surface area contributed by atoms with Gasteiger partial charge < -0.3 is 0 Å². The van der Waals surface area contributed by atoms with E-state index in [0.29, 0.717) is 18.0 Å². The van der Waals surface area contributed by atoms with Crippen molar-refractivity contribution in [3.05, 3.63) is 64.2 Å². The second-order valence-corrected chi connectivity index (χ2v) is 8.80. The van der Waals surface area contributed by atoms with Crippen LogP contribution in [0.4, 0.5) is 0 Å². The first-order valence-corrected chi connectivity index (χ1v) is 11.0. The van der Waals surface area contributed by atoms with Gasteiger partial charge in [0.25, 0.3) is 0 Å². The first-order valence-electron chi connectivity index (χ1n) is 7.28. The Morgan fingerprint density at radius 1 is 0.957 bits per heavy atom. The molecular weight excluding hydrogens is 442 g/mol. The number of sulfonamides is 1. The fraction of sp³-hybridized carbons (Fsp3) is 0.294. The molecule has 0 radical (unpaired) electrons. The third-order valence-electron chi connectivity index (χ3n) is 4.16. The van der Waals surface area contributed by atoms with Crippen LogP contribution in [0.3, 0.4) is 0 Å². The highest BCUT2D eigenvalue weighted by Gasteiger charge is 2.31. The molecule has 0 atom stereocenters. The van der Waals surface area contributed by atoms with Crippen molar-refractivity contribution < 1.29 is 8.42 Å². The minimum absolute atomic E-state index is 0.359. The molecular formula is C17H17Br2NO2S. The second-order valence-electron chi connectivity index (χ2n) is 5.74. The van der Waals surface area contributed by atoms with Crippen molar-refractivity contribution in [1.29, 1.82) is 0 Å². The van der Waals surface area contributed by atoms with Gasteiger partial charge in [-0.25, -0.2) is 8.42 Å². The second kappa shape index (κ2) is 6.67. The summed E-state index contributed by atoms with van der Waals surface area (Å²) in [6.45, 7) is 2.83. The Kier molecular flexibility index (Phi) is 4.97. The zero-order valence-corrected chi connectivity index (χ0v) is 16.7. The van der Waals surface area contributed by atoms with Gasteiger partial charge in [0.05, 0.1) is 4.90 Å². The number of aryl methyl sites for hydroxylation is 1. The van der Waals surface area contributed by atoms with Crippen LogP contribution >= 0.6 is 31.9 Å². The number of fused-ring (bicyclic) bond motifs is 1. The van der Waals surface area contributed by atoms with E-state index in [1.54, 1.807) is 16.4 Å². The lowest BCUT2D eigenvalue weighted by atomic mass is 10.0. The Hall–Kier alpha value is -0.690. The molecule has 0 amide bonds. The van der Waals surface area contributed by atoms with Crippen molar-refractivity contribution in [3.63, 3.8) is 0 Å². The highest BCUT2D eigenvalue weighted by atomic mass is 79.9. The molecule has 2 aromatic carbocycles. The number of halogens is 2. The van der Waals surface area contributed by atoms with Crippen molar-refractivity contribution in [2.75, 3.05) is 0 Å². The van der Waals surface area contributed by atoms with Crippen LogP contribution in [0.5, 0.6) is 0 Å². The molecule has 23 heavy (non-hydrogen) atoms. The first kappa shape index (κ1) is 17.1. The Morgan fingerprint density at radius 2 is 1.43 bits per heavy atom. The van der Waals surface area contributed by atoms with Crippen LogP contribution in [0.25, 0.3) is 0 Å². The molecule has 122 valence electrons. The maximum absolute atomic E-state index is 12.8. The Labute approximate surface area is 154 Å². The summed E-state index contributed by atoms with van der Waals surface area (Å²) in [7, 11) is -3.45. The summed E-state index contributed by atoms with van der Waals surface area (Å²) >= 11 is 7.01. The highest BCUT2D eigenvalue weighted by Crippen LogP contribution is 2.32. The largest absolute Gasteiger partial charge is 0.243 e. The van der Waals surface area contributed by atoms with E-state index in [-0.39, 0.29) is 0 Å². The molecule has 0 aromatic heterocycles. The summed E-state index contributed by atoms with van der Waals surface area (Å²) in [5.74, 6) is 0. The Balaban J connectivity index is 1.93. The van der Waals surface area contributed by atoms with Gasteiger partial charge in [-0.05, 0) is 41.3 Å². The lowest BCUT2D eigenvalue weighted by molar-refractivity contribution is 0.431. The predicted molar refractivity (Wildman–Crippen MR) is 99.3 cm³/mol. The molecule has 0 unspecified atom stereocenters. The van der Waals surface area contributed by atoms with Gasteiger partial charge in [0.1, 0.15) is 0 Å². The fourth-order valence-electron chi connectivity index (χ4n) is 2.80. The predicted octanol–water partition coefficient (Wildman–Crippen LogP) is 4.49. The monoisotopic (exact) mass is 457 g/mol. The van der Waals surface area contributed by atoms with E-state index in [4.69, 9.17) is 0 Å². The lowest BCUT2D eigenvalue weighted by Crippen LogP contribution is -2.25. The number of hydrogen-bond acceptors (Lipinski definition) is 2. The molecule has 0 bridgehead atoms. The summed E-state index contributed by atoms with van der Waals surface area (Å²) in [6, 6.07) is 11.3. The molecule has 0 saturated heterocycles. The van der Waals surface area contributed by atoms with Crippen LogP contribution in [0.1, 0.15) is 27.8 Å². The van der Waals surface area contributed by atoms with Crippen molar-refractivity contribution in [2.45, 2.75) is 35.6 Å². The third-order valence-corrected chi connectivity index (χ3v) is 7.18. The molecule has 3 rings (SSSR count). The average Bonchev–Trinajstić information content (AvgIpc) is 2.97. The maximum atomic E-state index is 12.8. The summed E-state index contributed by atoms with van der Waals surface area (Å²) in [6.07, 6.45) is 0. The average molecular weight is 459 g/mol. The molecule has 0 saturated carbocycles. The first-order chi connectivity index (χ1) is 11.0. The molecule has 0 aliphatic carbocycles. The fourth-order valence-corrected chi connectivity index (χ4v) is 5.24. The molecule has 6 heteroatoms. The van der Waals surface area contributed by atoms with Gasteiger partial charge in [0.2, 0.25) is 10.0 Å². The molecule has 1 aliphatic rings. The summed E-state index contributed by atoms with van der Waals surface area (Å²) < 4.78 is 27.2. The number of nitrogens with zero attached hydrogens (tertiary/aromatic N) is 1. The lowest BCUT2D eigenvalue weighted by Gasteiger charge is -2.15. The zero-order valence-electron chi connectivity index (χ0n) is 12.7. The van der Waals surface area contributed by atoms with Gasteiger partial charge in [-0.15, -0.1) is 0 Å². The maximum Gasteiger partial charge on any atom is 0.243 e. The highest BCUT2D eigenvalue weighted by molar-refractivity contribution is 9.09. The molecule has 0 spiro atoms. The summed E-state index contributed by atoms with van der Waals surface area (Å²) in [4.78, 5) is 0.359. The van der Waals surface area contributed by atoms with Crippen LogP contribution in [0, 0.1) is 6.92 Å². The summed E-state index contributed by atoms with van der Waals surface area (Å²) in [5.41, 5.74) is 5.66. The number of rotatable bonds is 4. The van der Waals surface area contributed by atoms with Crippen molar-refractivity contribution in [3.8, 4) is 0 Å². The van der Waals surface area contributed by atoms with Crippen LogP contribution in [0.15, 0.2) is 41.3 Å². The topological polar surface area (TPSA) is 37.4 Å². The molecule has 1 heterocycles. The minimum atomic E-state index is -3.45. The molecule has 1 aliphatic heterocycles. The van der Waals surface area contributed by atoms with Gasteiger partial charge >= 0.3 is 0 Å². The van der Waals surface area contributed by atoms with Crippen LogP contribution < -0.4 is 0 Å². The summed E-state index contributed by atoms with van der Waals surface area (Å²) in [5, 5.41) is 1.54. The third kappa shape index (κ3) is 3.27. The Morgan fingerprint density at radius 3 is 1.87 bits per heavy atom. The van der Waals surface area contributed by atoms with Crippen LogP contribution in [0.2, 0.25) is 0 Å². The molecule has 3 nitrogen and oxygen atoms in total. The standard InChI is InChI=1S/C17H17Br2NO2S/c1-12-2-4-17(5-3-12)23(21,22)20-10-15-6-13(8-18)14(9-19)7-16(15)11-20/h2-7H,8-11H2,1H3. The molecule has 0 N–H and O–H groups in total. The van der Waals surface area contributed by atoms with E-state index >= 15 is 0 Å². The zero-order chi connectivity index (χ0) is 16.6. The van der Waals surface area contributed by atoms with Gasteiger partial charge in [0, 0.05) is 23.7 Å². The van der Waals surface area contributed by atoms with E-state index in [0.717, 1.165) is 27.4 Å². The van der Waals surface area contributed by atoms with Crippen LogP contribution in [-0.4, -0.2) is 12.7 Å². The van der Waals surface area contributed by atoms with E-state index in [1.165, 1.54) is 11.1 Å². The number of hydrogen-bond donors (Lipinski definition) is 0. The molecule has 2 aromatic rings. The quantitative estimate of drug-likeness (QED) is 0.633. The van der Waals surface area contributed by atoms with Crippen molar-refractivity contribution in [1.82, 2.24) is 4.31 Å².